The molecular weight excluding hydrogens is 1530 g/mol. The minimum Gasteiger partial charge on any atom is -0.481 e. The van der Waals surface area contributed by atoms with Gasteiger partial charge in [0.15, 0.2) is 0 Å². The summed E-state index contributed by atoms with van der Waals surface area (Å²) in [5, 5.41) is 39.7. The standard InChI is InChI=1S/C18H29N5O6S.C16H26N4O5S.C16H18N2O5.C13H18N2O3.C3H8N2O2S.C2H4O2.CH5N.CH4/c1-9(24)21-8-22-16(26)11-4-2-10(3-5-11)7-23-13(25)6-12(17(23)27)30-15(20)14(19)18(28)29;1-19-14(22)9-4-2-8(3-5-9)7-20-11(21)6-10(15(20)23)26-13(18)12(17)16(24)25;19-12-5-6-13(20)17(12)9-10-1-3-11(4-2-10)16(23)18-14(21)7-8-15(18)22;1-14-13(18)10-4-2-9(3-5-10)8-15-11(16)6-7-12(15)17;4-1(2(5)8)3(6)7;1-2(3)4;1-2;/h10-12,14-15H,2-8,19-20H2,1H3,(H,21,24)(H,22,26)(H,28,29);8-10,12-13H,2-7,17-18H2,1H3,(H,19,22)(H,24,25);5-6,10-11H,1-4,7-9H2;6-7,9-10H,2-5,8H2,1H3,(H,14,18);1-2,8H,4-5H2,(H,6,7);1H3,(H,3,4);2H2,1H3;1H4. The first-order valence-electron chi connectivity index (χ1n) is 36.3. The average molecular weight is 1640 g/mol. The van der Waals surface area contributed by atoms with Gasteiger partial charge in [-0.05, 0) is 133 Å². The number of nitrogens with zero attached hydrogens (tertiary/aromatic N) is 5. The number of imide groups is 7. The molecule has 8 unspecified atom stereocenters. The highest BCUT2D eigenvalue weighted by molar-refractivity contribution is 8.01. The van der Waals surface area contributed by atoms with E-state index in [1.807, 2.05) is 0 Å². The van der Waals surface area contributed by atoms with Gasteiger partial charge in [0.05, 0.1) is 33.3 Å². The van der Waals surface area contributed by atoms with Gasteiger partial charge < -0.3 is 81.8 Å². The first-order chi connectivity index (χ1) is 52.2. The van der Waals surface area contributed by atoms with Crippen molar-refractivity contribution >= 4 is 149 Å². The zero-order valence-corrected chi connectivity index (χ0v) is 65.3. The lowest BCUT2D eigenvalue weighted by Gasteiger charge is -2.31. The molecule has 15 amide bonds. The minimum absolute atomic E-state index is 0. The monoisotopic (exact) mass is 1640 g/mol. The van der Waals surface area contributed by atoms with Crippen molar-refractivity contribution in [1.29, 1.82) is 0 Å². The van der Waals surface area contributed by atoms with Gasteiger partial charge in [-0.2, -0.15) is 12.6 Å². The number of thiol groups is 1. The number of aliphatic carboxylic acids is 4. The number of thioether (sulfide) groups is 2. The van der Waals surface area contributed by atoms with Crippen LogP contribution in [-0.4, -0.2) is 256 Å². The van der Waals surface area contributed by atoms with Crippen LogP contribution in [0, 0.1) is 47.3 Å². The molecule has 0 bridgehead atoms. The summed E-state index contributed by atoms with van der Waals surface area (Å²) in [6.07, 6.45) is 17.2. The number of amides is 15. The van der Waals surface area contributed by atoms with E-state index in [0.717, 1.165) is 86.7 Å². The van der Waals surface area contributed by atoms with Crippen LogP contribution in [0.2, 0.25) is 0 Å². The van der Waals surface area contributed by atoms with E-state index in [1.54, 1.807) is 14.1 Å². The lowest BCUT2D eigenvalue weighted by Crippen LogP contribution is -2.46. The number of hydrogen-bond acceptors (Lipinski definition) is 29. The molecule has 4 aliphatic carbocycles. The van der Waals surface area contributed by atoms with Crippen LogP contribution in [0.3, 0.4) is 0 Å². The zero-order chi connectivity index (χ0) is 83.8. The second kappa shape index (κ2) is 49.1. The maximum atomic E-state index is 12.6. The van der Waals surface area contributed by atoms with Crippen LogP contribution in [0.1, 0.15) is 150 Å². The van der Waals surface area contributed by atoms with E-state index in [9.17, 15) is 86.3 Å². The third kappa shape index (κ3) is 31.4. The Morgan fingerprint density at radius 3 is 0.973 bits per heavy atom. The molecule has 112 heavy (non-hydrogen) atoms. The van der Waals surface area contributed by atoms with Gasteiger partial charge in [0.2, 0.25) is 65.0 Å². The molecule has 628 valence electrons. The highest BCUT2D eigenvalue weighted by Crippen LogP contribution is 2.37. The van der Waals surface area contributed by atoms with Crippen molar-refractivity contribution < 1.29 is 112 Å². The van der Waals surface area contributed by atoms with Gasteiger partial charge in [0, 0.05) is 128 Å². The summed E-state index contributed by atoms with van der Waals surface area (Å²) in [4.78, 5) is 224. The molecule has 9 aliphatic rings. The van der Waals surface area contributed by atoms with E-state index in [2.05, 4.69) is 39.6 Å². The van der Waals surface area contributed by atoms with Gasteiger partial charge in [-0.3, -0.25) is 111 Å². The van der Waals surface area contributed by atoms with Gasteiger partial charge in [-0.25, -0.2) is 4.90 Å². The normalized spacial score (nSPS) is 25.5. The predicted octanol–water partition coefficient (Wildman–Crippen LogP) is -2.57. The smallest absolute Gasteiger partial charge is 0.322 e. The quantitative estimate of drug-likeness (QED) is 0.0268. The Morgan fingerprint density at radius 1 is 0.438 bits per heavy atom. The van der Waals surface area contributed by atoms with Crippen molar-refractivity contribution in [2.24, 2.45) is 87.5 Å². The van der Waals surface area contributed by atoms with Gasteiger partial charge >= 0.3 is 17.9 Å². The topological polar surface area (TPSA) is 652 Å². The van der Waals surface area contributed by atoms with Crippen LogP contribution >= 0.6 is 36.2 Å². The molecule has 7 fully saturated rings. The Kier molecular flexibility index (Phi) is 43.6. The molecule has 5 aliphatic heterocycles. The van der Waals surface area contributed by atoms with Crippen LogP contribution in [0.5, 0.6) is 0 Å². The van der Waals surface area contributed by atoms with Crippen molar-refractivity contribution in [3.8, 4) is 0 Å². The summed E-state index contributed by atoms with van der Waals surface area (Å²) in [5.41, 5.74) is 36.9. The van der Waals surface area contributed by atoms with Gasteiger partial charge in [-0.1, -0.05) is 7.43 Å². The van der Waals surface area contributed by atoms with Crippen molar-refractivity contribution in [3.63, 3.8) is 0 Å². The fourth-order valence-electron chi connectivity index (χ4n) is 13.4. The molecule has 0 aromatic heterocycles. The van der Waals surface area contributed by atoms with Crippen molar-refractivity contribution in [2.75, 3.05) is 54.0 Å². The SMILES string of the molecule is C.CC(=O)NCNC(=O)C1CCC(CN2C(=O)CC(SC(N)C(N)C(=O)O)C2=O)CC1.CC(=O)O.CN.CNC(=O)C1CCC(CN2C(=O)C=CC2=O)CC1.CNC(=O)C1CCC(CN2C(=O)CC(SC(N)C(N)C(=O)O)C2=O)CC1.NC(S)C(N)C(=O)O.O=C1C=CC(=O)N1CC1CCC(C(=O)N2C(=O)CCC2=O)CC1. The lowest BCUT2D eigenvalue weighted by atomic mass is 9.81. The van der Waals surface area contributed by atoms with Crippen molar-refractivity contribution in [1.82, 2.24) is 45.8 Å². The van der Waals surface area contributed by atoms with Gasteiger partial charge in [0.1, 0.15) is 18.1 Å². The number of rotatable bonds is 24. The third-order valence-corrected chi connectivity index (χ3v) is 22.7. The molecule has 8 atom stereocenters. The first kappa shape index (κ1) is 99.5. The summed E-state index contributed by atoms with van der Waals surface area (Å²) < 4.78 is 0. The van der Waals surface area contributed by atoms with E-state index < -0.39 is 80.4 Å². The summed E-state index contributed by atoms with van der Waals surface area (Å²) in [5.74, 6) is -7.73. The summed E-state index contributed by atoms with van der Waals surface area (Å²) >= 11 is 5.45. The zero-order valence-electron chi connectivity index (χ0n) is 62.8. The molecule has 0 aromatic carbocycles. The first-order valence-corrected chi connectivity index (χ1v) is 38.7. The second-order valence-electron chi connectivity index (χ2n) is 27.6. The number of carbonyl (C=O) groups excluding carboxylic acids is 15. The molecule has 9 rings (SSSR count). The number of likely N-dealkylation sites (tertiary alicyclic amines) is 3. The van der Waals surface area contributed by atoms with Crippen LogP contribution in [0.25, 0.3) is 0 Å². The maximum Gasteiger partial charge on any atom is 0.322 e. The number of carbonyl (C=O) groups is 19. The maximum absolute atomic E-state index is 12.6. The molecule has 0 radical (unpaired) electrons. The Labute approximate surface area is 663 Å². The molecule has 39 nitrogen and oxygen atoms in total. The molecule has 5 heterocycles. The van der Waals surface area contributed by atoms with Gasteiger partial charge in [0.25, 0.3) is 29.6 Å². The Bertz CT molecular complexity index is 3370. The van der Waals surface area contributed by atoms with Crippen LogP contribution in [0.15, 0.2) is 24.3 Å². The summed E-state index contributed by atoms with van der Waals surface area (Å²) in [7, 11) is 4.77. The van der Waals surface area contributed by atoms with Crippen molar-refractivity contribution in [2.45, 2.75) is 194 Å². The summed E-state index contributed by atoms with van der Waals surface area (Å²) in [6.45, 7) is 4.04. The molecule has 0 spiro atoms. The fraction of sp³-hybridized carbons (Fsp3) is 0.671. The number of nitrogens with two attached hydrogens (primary N) is 7. The lowest BCUT2D eigenvalue weighted by molar-refractivity contribution is -0.153. The number of hydrogen-bond donors (Lipinski definition) is 16. The average Bonchev–Trinajstić information content (AvgIpc) is 1.68. The van der Waals surface area contributed by atoms with E-state index in [4.69, 9.17) is 59.6 Å². The number of carboxylic acids is 4. The van der Waals surface area contributed by atoms with E-state index >= 15 is 0 Å². The summed E-state index contributed by atoms with van der Waals surface area (Å²) in [6, 6.07) is -3.69. The van der Waals surface area contributed by atoms with Crippen LogP contribution in [0.4, 0.5) is 0 Å². The molecule has 0 aromatic rings. The number of carboxylic acid groups (broad SMARTS) is 4. The molecule has 22 N–H and O–H groups in total. The number of nitrogens with one attached hydrogen (secondary N) is 4. The molecule has 42 heteroatoms. The van der Waals surface area contributed by atoms with E-state index in [0.29, 0.717) is 76.9 Å². The van der Waals surface area contributed by atoms with Crippen LogP contribution in [-0.2, 0) is 91.1 Å². The van der Waals surface area contributed by atoms with Gasteiger partial charge in [-0.15, -0.1) is 23.5 Å². The largest absolute Gasteiger partial charge is 0.481 e. The minimum atomic E-state index is -1.32. The second-order valence-corrected chi connectivity index (χ2v) is 31.0. The predicted molar refractivity (Wildman–Crippen MR) is 410 cm³/mol. The Hall–Kier alpha value is -8.62. The van der Waals surface area contributed by atoms with Crippen LogP contribution < -0.4 is 61.4 Å². The Balaban J connectivity index is 0.000000482. The fourth-order valence-corrected chi connectivity index (χ4v) is 15.8. The van der Waals surface area contributed by atoms with Crippen molar-refractivity contribution in [3.05, 3.63) is 24.3 Å². The van der Waals surface area contributed by atoms with E-state index in [-0.39, 0.29) is 165 Å². The molecule has 4 saturated carbocycles. The molecule has 3 saturated heterocycles. The highest BCUT2D eigenvalue weighted by atomic mass is 32.2. The van der Waals surface area contributed by atoms with E-state index in [1.165, 1.54) is 57.9 Å². The molecular formula is C70H112N16O23S3. The highest BCUT2D eigenvalue weighted by Gasteiger charge is 2.45. The Morgan fingerprint density at radius 2 is 0.714 bits per heavy atom. The third-order valence-electron chi connectivity index (χ3n) is 19.8.